The second-order valence-corrected chi connectivity index (χ2v) is 8.62. The number of nitrogens with zero attached hydrogens (tertiary/aromatic N) is 5. The number of anilines is 1. The van der Waals surface area contributed by atoms with Gasteiger partial charge >= 0.3 is 7.82 Å². The third kappa shape index (κ3) is 5.60. The SMILES string of the molecule is N#CCCOP(=O)(O)OC[C@@H]1CC[C@H](n2cnc3c(NC(=O)c4ccccc4)ncnc32)O1. The lowest BCUT2D eigenvalue weighted by Crippen LogP contribution is -2.16. The molecule has 2 N–H and O–H groups in total. The monoisotopic (exact) mass is 472 g/mol. The van der Waals surface area contributed by atoms with Gasteiger partial charge in [-0.25, -0.2) is 19.5 Å². The van der Waals surface area contributed by atoms with E-state index in [0.717, 1.165) is 0 Å². The highest BCUT2D eigenvalue weighted by Crippen LogP contribution is 2.44. The Bertz CT molecular complexity index is 1210. The Balaban J connectivity index is 1.40. The van der Waals surface area contributed by atoms with Gasteiger partial charge in [0, 0.05) is 5.56 Å². The lowest BCUT2D eigenvalue weighted by atomic mass is 10.2. The highest BCUT2D eigenvalue weighted by Gasteiger charge is 2.31. The number of nitrogens with one attached hydrogen (secondary N) is 1. The first-order valence-corrected chi connectivity index (χ1v) is 11.6. The van der Waals surface area contributed by atoms with Gasteiger partial charge in [-0.15, -0.1) is 0 Å². The fourth-order valence-electron chi connectivity index (χ4n) is 3.36. The first-order chi connectivity index (χ1) is 16.0. The zero-order valence-electron chi connectivity index (χ0n) is 17.4. The van der Waals surface area contributed by atoms with E-state index in [-0.39, 0.29) is 31.4 Å². The Kier molecular flexibility index (Phi) is 7.08. The molecule has 1 unspecified atom stereocenters. The number of aromatic nitrogens is 4. The largest absolute Gasteiger partial charge is 0.472 e. The fraction of sp³-hybridized carbons (Fsp3) is 0.350. The third-order valence-electron chi connectivity index (χ3n) is 4.91. The van der Waals surface area contributed by atoms with Gasteiger partial charge in [0.25, 0.3) is 5.91 Å². The molecule has 1 saturated heterocycles. The summed E-state index contributed by atoms with van der Waals surface area (Å²) < 4.78 is 29.2. The maximum atomic E-state index is 12.5. The van der Waals surface area contributed by atoms with Crippen LogP contribution in [0.4, 0.5) is 5.82 Å². The predicted octanol–water partition coefficient (Wildman–Crippen LogP) is 2.80. The maximum absolute atomic E-state index is 12.5. The van der Waals surface area contributed by atoms with Crippen LogP contribution in [0.1, 0.15) is 35.8 Å². The van der Waals surface area contributed by atoms with Crippen molar-refractivity contribution in [2.75, 3.05) is 18.5 Å². The minimum absolute atomic E-state index is 0.0146. The Morgan fingerprint density at radius 2 is 2.09 bits per heavy atom. The lowest BCUT2D eigenvalue weighted by molar-refractivity contribution is -0.0221. The van der Waals surface area contributed by atoms with Gasteiger partial charge in [-0.2, -0.15) is 5.26 Å². The quantitative estimate of drug-likeness (QED) is 0.350. The number of phosphoric acid groups is 1. The number of carbonyl (C=O) groups excluding carboxylic acids is 1. The van der Waals surface area contributed by atoms with Gasteiger partial charge in [-0.05, 0) is 25.0 Å². The molecule has 0 bridgehead atoms. The van der Waals surface area contributed by atoms with E-state index in [1.807, 2.05) is 12.1 Å². The van der Waals surface area contributed by atoms with E-state index in [4.69, 9.17) is 19.0 Å². The Morgan fingerprint density at radius 3 is 2.88 bits per heavy atom. The van der Waals surface area contributed by atoms with Gasteiger partial charge in [-0.3, -0.25) is 18.4 Å². The molecule has 0 aliphatic carbocycles. The van der Waals surface area contributed by atoms with Gasteiger partial charge in [0.05, 0.1) is 38.1 Å². The van der Waals surface area contributed by atoms with Gasteiger partial charge in [0.15, 0.2) is 17.0 Å². The lowest BCUT2D eigenvalue weighted by Gasteiger charge is -2.17. The number of rotatable bonds is 9. The summed E-state index contributed by atoms with van der Waals surface area (Å²) in [6.45, 7) is -0.334. The van der Waals surface area contributed by atoms with E-state index >= 15 is 0 Å². The number of benzene rings is 1. The summed E-state index contributed by atoms with van der Waals surface area (Å²) >= 11 is 0. The predicted molar refractivity (Wildman–Crippen MR) is 115 cm³/mol. The number of phosphoric ester groups is 1. The molecule has 12 nitrogen and oxygen atoms in total. The van der Waals surface area contributed by atoms with Gasteiger partial charge in [0.2, 0.25) is 0 Å². The van der Waals surface area contributed by atoms with Crippen molar-refractivity contribution >= 4 is 30.7 Å². The summed E-state index contributed by atoms with van der Waals surface area (Å²) in [7, 11) is -4.25. The van der Waals surface area contributed by atoms with Crippen molar-refractivity contribution in [2.24, 2.45) is 0 Å². The minimum Gasteiger partial charge on any atom is -0.352 e. The zero-order chi connectivity index (χ0) is 23.3. The smallest absolute Gasteiger partial charge is 0.352 e. The normalized spacial score (nSPS) is 19.8. The van der Waals surface area contributed by atoms with Crippen LogP contribution >= 0.6 is 7.82 Å². The summed E-state index contributed by atoms with van der Waals surface area (Å²) in [6.07, 6.45) is 3.18. The van der Waals surface area contributed by atoms with E-state index < -0.39 is 20.2 Å². The first kappa shape index (κ1) is 23.0. The summed E-state index contributed by atoms with van der Waals surface area (Å²) in [5.74, 6) is -0.0360. The van der Waals surface area contributed by atoms with Crippen LogP contribution in [0.5, 0.6) is 0 Å². The second-order valence-electron chi connectivity index (χ2n) is 7.16. The number of nitriles is 1. The van der Waals surface area contributed by atoms with Crippen LogP contribution in [-0.2, 0) is 18.3 Å². The Hall–Kier alpha value is -3.20. The molecule has 13 heteroatoms. The molecule has 1 aliphatic rings. The third-order valence-corrected chi connectivity index (χ3v) is 5.90. The average Bonchev–Trinajstić information content (AvgIpc) is 3.46. The van der Waals surface area contributed by atoms with Crippen molar-refractivity contribution in [1.82, 2.24) is 19.5 Å². The number of ether oxygens (including phenoxy) is 1. The number of hydrogen-bond acceptors (Lipinski definition) is 9. The van der Waals surface area contributed by atoms with Crippen molar-refractivity contribution in [3.63, 3.8) is 0 Å². The Morgan fingerprint density at radius 1 is 1.27 bits per heavy atom. The average molecular weight is 472 g/mol. The summed E-state index contributed by atoms with van der Waals surface area (Å²) in [4.78, 5) is 34.9. The molecule has 3 aromatic rings. The molecule has 1 aromatic carbocycles. The van der Waals surface area contributed by atoms with Gasteiger partial charge < -0.3 is 14.9 Å². The molecule has 1 fully saturated rings. The van der Waals surface area contributed by atoms with Crippen molar-refractivity contribution in [2.45, 2.75) is 31.6 Å². The molecule has 3 atom stereocenters. The fourth-order valence-corrected chi connectivity index (χ4v) is 4.11. The zero-order valence-corrected chi connectivity index (χ0v) is 18.3. The second kappa shape index (κ2) is 10.2. The molecule has 1 amide bonds. The van der Waals surface area contributed by atoms with E-state index in [1.165, 1.54) is 6.33 Å². The molecule has 0 radical (unpaired) electrons. The van der Waals surface area contributed by atoms with Gasteiger partial charge in [0.1, 0.15) is 12.6 Å². The van der Waals surface area contributed by atoms with Crippen molar-refractivity contribution < 1.29 is 28.0 Å². The molecule has 4 rings (SSSR count). The van der Waals surface area contributed by atoms with Crippen molar-refractivity contribution in [3.8, 4) is 6.07 Å². The van der Waals surface area contributed by atoms with E-state index in [0.29, 0.717) is 29.6 Å². The first-order valence-electron chi connectivity index (χ1n) is 10.1. The number of hydrogen-bond donors (Lipinski definition) is 2. The molecule has 1 aliphatic heterocycles. The molecule has 2 aromatic heterocycles. The van der Waals surface area contributed by atoms with Crippen LogP contribution in [-0.4, -0.2) is 49.6 Å². The molecule has 172 valence electrons. The highest BCUT2D eigenvalue weighted by atomic mass is 31.2. The highest BCUT2D eigenvalue weighted by molar-refractivity contribution is 7.47. The van der Waals surface area contributed by atoms with Crippen LogP contribution < -0.4 is 5.32 Å². The molecule has 33 heavy (non-hydrogen) atoms. The maximum Gasteiger partial charge on any atom is 0.472 e. The van der Waals surface area contributed by atoms with Gasteiger partial charge in [-0.1, -0.05) is 18.2 Å². The number of imidazole rings is 1. The van der Waals surface area contributed by atoms with Crippen LogP contribution in [0, 0.1) is 11.3 Å². The van der Waals surface area contributed by atoms with E-state index in [2.05, 4.69) is 20.3 Å². The summed E-state index contributed by atoms with van der Waals surface area (Å²) in [5.41, 5.74) is 1.38. The van der Waals surface area contributed by atoms with Crippen molar-refractivity contribution in [1.29, 1.82) is 5.26 Å². The number of amides is 1. The van der Waals surface area contributed by atoms with Crippen LogP contribution in [0.15, 0.2) is 43.0 Å². The number of carbonyl (C=O) groups is 1. The summed E-state index contributed by atoms with van der Waals surface area (Å²) in [5, 5.41) is 11.2. The van der Waals surface area contributed by atoms with Crippen LogP contribution in [0.25, 0.3) is 11.2 Å². The topological polar surface area (TPSA) is 161 Å². The standard InChI is InChI=1S/C20H21N6O6P/c21-9-4-10-30-33(28,29)31-11-15-7-8-16(32-15)26-13-24-17-18(22-12-23-19(17)26)25-20(27)14-5-2-1-3-6-14/h1-3,5-6,12-13,15-16H,4,7-8,10-11H2,(H,28,29)(H,22,23,25,27)/t15-,16+/m0/s1. The number of fused-ring (bicyclic) bond motifs is 1. The van der Waals surface area contributed by atoms with Crippen molar-refractivity contribution in [3.05, 3.63) is 48.5 Å². The molecule has 0 spiro atoms. The van der Waals surface area contributed by atoms with Crippen LogP contribution in [0.3, 0.4) is 0 Å². The van der Waals surface area contributed by atoms with Crippen LogP contribution in [0.2, 0.25) is 0 Å². The molecular weight excluding hydrogens is 451 g/mol. The Labute approximate surface area is 188 Å². The minimum atomic E-state index is -4.25. The summed E-state index contributed by atoms with van der Waals surface area (Å²) in [6, 6.07) is 10.6. The molecule has 0 saturated carbocycles. The molecular formula is C20H21N6O6P. The van der Waals surface area contributed by atoms with E-state index in [9.17, 15) is 14.3 Å². The molecule has 3 heterocycles. The van der Waals surface area contributed by atoms with E-state index in [1.54, 1.807) is 35.2 Å².